The molecule has 24 heavy (non-hydrogen) atoms. The van der Waals surface area contributed by atoms with E-state index in [0.29, 0.717) is 18.4 Å². The van der Waals surface area contributed by atoms with Crippen molar-refractivity contribution < 1.29 is 4.79 Å². The van der Waals surface area contributed by atoms with Gasteiger partial charge in [0.25, 0.3) is 5.56 Å². The van der Waals surface area contributed by atoms with Gasteiger partial charge in [0.1, 0.15) is 0 Å². The average Bonchev–Trinajstić information content (AvgIpc) is 2.56. The number of amides is 1. The molecule has 0 bridgehead atoms. The standard InChI is InChI=1S/C20H20N2O2/c1-13-5-3-4-6-17(13)21-19(23)10-8-15-7-9-18-16(12-15)11-14(2)20(24)22-18/h3-7,9,11-12H,8,10H2,1-2H3,(H,21,23)(H,22,24). The van der Waals surface area contributed by atoms with Gasteiger partial charge in [-0.05, 0) is 61.0 Å². The first-order valence-electron chi connectivity index (χ1n) is 8.01. The zero-order valence-corrected chi connectivity index (χ0v) is 13.8. The van der Waals surface area contributed by atoms with Gasteiger partial charge in [-0.25, -0.2) is 0 Å². The maximum absolute atomic E-state index is 12.1. The molecule has 0 aliphatic heterocycles. The van der Waals surface area contributed by atoms with Crippen LogP contribution >= 0.6 is 0 Å². The molecule has 0 fully saturated rings. The molecule has 4 heteroatoms. The fraction of sp³-hybridized carbons (Fsp3) is 0.200. The van der Waals surface area contributed by atoms with Crippen molar-refractivity contribution in [3.63, 3.8) is 0 Å². The van der Waals surface area contributed by atoms with Gasteiger partial charge < -0.3 is 10.3 Å². The van der Waals surface area contributed by atoms with Crippen LogP contribution in [0.15, 0.2) is 53.3 Å². The smallest absolute Gasteiger partial charge is 0.251 e. The van der Waals surface area contributed by atoms with Gasteiger partial charge in [0.05, 0.1) is 0 Å². The maximum atomic E-state index is 12.1. The molecule has 0 saturated heterocycles. The summed E-state index contributed by atoms with van der Waals surface area (Å²) >= 11 is 0. The van der Waals surface area contributed by atoms with Gasteiger partial charge in [-0.2, -0.15) is 0 Å². The van der Waals surface area contributed by atoms with Crippen LogP contribution in [0.3, 0.4) is 0 Å². The zero-order valence-electron chi connectivity index (χ0n) is 13.8. The van der Waals surface area contributed by atoms with Crippen molar-refractivity contribution in [2.75, 3.05) is 5.32 Å². The second-order valence-electron chi connectivity index (χ2n) is 6.07. The fourth-order valence-electron chi connectivity index (χ4n) is 2.70. The Morgan fingerprint density at radius 2 is 1.83 bits per heavy atom. The minimum absolute atomic E-state index is 0.00189. The third kappa shape index (κ3) is 3.54. The number of aromatic nitrogens is 1. The lowest BCUT2D eigenvalue weighted by molar-refractivity contribution is -0.116. The van der Waals surface area contributed by atoms with Gasteiger partial charge in [0, 0.05) is 23.2 Å². The van der Waals surface area contributed by atoms with Crippen LogP contribution in [0.4, 0.5) is 5.69 Å². The van der Waals surface area contributed by atoms with Crippen LogP contribution in [-0.4, -0.2) is 10.9 Å². The van der Waals surface area contributed by atoms with E-state index in [1.165, 1.54) is 0 Å². The summed E-state index contributed by atoms with van der Waals surface area (Å²) in [6, 6.07) is 15.5. The minimum Gasteiger partial charge on any atom is -0.326 e. The first-order chi connectivity index (χ1) is 11.5. The summed E-state index contributed by atoms with van der Waals surface area (Å²) in [6.07, 6.45) is 1.08. The van der Waals surface area contributed by atoms with Gasteiger partial charge in [-0.1, -0.05) is 24.3 Å². The highest BCUT2D eigenvalue weighted by Gasteiger charge is 2.06. The molecule has 0 aliphatic carbocycles. The van der Waals surface area contributed by atoms with Crippen molar-refractivity contribution in [3.8, 4) is 0 Å². The fourth-order valence-corrected chi connectivity index (χ4v) is 2.70. The van der Waals surface area contributed by atoms with Gasteiger partial charge in [-0.15, -0.1) is 0 Å². The molecule has 0 radical (unpaired) electrons. The second-order valence-corrected chi connectivity index (χ2v) is 6.07. The lowest BCUT2D eigenvalue weighted by Crippen LogP contribution is -2.13. The van der Waals surface area contributed by atoms with E-state index in [9.17, 15) is 9.59 Å². The summed E-state index contributed by atoms with van der Waals surface area (Å²) in [5.41, 5.74) is 4.43. The number of pyridine rings is 1. The van der Waals surface area contributed by atoms with E-state index < -0.39 is 0 Å². The minimum atomic E-state index is -0.0622. The third-order valence-electron chi connectivity index (χ3n) is 4.15. The molecule has 3 aromatic rings. The Hall–Kier alpha value is -2.88. The molecule has 0 unspecified atom stereocenters. The van der Waals surface area contributed by atoms with Crippen LogP contribution in [0, 0.1) is 13.8 Å². The first-order valence-corrected chi connectivity index (χ1v) is 8.01. The number of para-hydroxylation sites is 1. The van der Waals surface area contributed by atoms with Crippen molar-refractivity contribution in [2.24, 2.45) is 0 Å². The van der Waals surface area contributed by atoms with Gasteiger partial charge in [-0.3, -0.25) is 9.59 Å². The van der Waals surface area contributed by atoms with E-state index in [-0.39, 0.29) is 11.5 Å². The summed E-state index contributed by atoms with van der Waals surface area (Å²) < 4.78 is 0. The van der Waals surface area contributed by atoms with Crippen LogP contribution in [0.25, 0.3) is 10.9 Å². The molecule has 4 nitrogen and oxygen atoms in total. The number of anilines is 1. The number of hydrogen-bond acceptors (Lipinski definition) is 2. The van der Waals surface area contributed by atoms with Crippen molar-refractivity contribution in [1.82, 2.24) is 4.98 Å². The predicted octanol–water partition coefficient (Wildman–Crippen LogP) is 3.72. The predicted molar refractivity (Wildman–Crippen MR) is 97.4 cm³/mol. The Morgan fingerprint density at radius 3 is 2.62 bits per heavy atom. The highest BCUT2D eigenvalue weighted by Crippen LogP contribution is 2.16. The SMILES string of the molecule is Cc1ccccc1NC(=O)CCc1ccc2[nH]c(=O)c(C)cc2c1. The third-order valence-corrected chi connectivity index (χ3v) is 4.15. The summed E-state index contributed by atoms with van der Waals surface area (Å²) in [5.74, 6) is 0.00189. The normalized spacial score (nSPS) is 10.8. The largest absolute Gasteiger partial charge is 0.326 e. The van der Waals surface area contributed by atoms with E-state index in [4.69, 9.17) is 0 Å². The van der Waals surface area contributed by atoms with Crippen LogP contribution in [0.5, 0.6) is 0 Å². The number of aryl methyl sites for hydroxylation is 3. The molecule has 0 spiro atoms. The highest BCUT2D eigenvalue weighted by atomic mass is 16.1. The molecule has 122 valence electrons. The number of benzene rings is 2. The Bertz CT molecular complexity index is 957. The summed E-state index contributed by atoms with van der Waals surface area (Å²) in [7, 11) is 0. The molecular formula is C20H20N2O2. The maximum Gasteiger partial charge on any atom is 0.251 e. The summed E-state index contributed by atoms with van der Waals surface area (Å²) in [4.78, 5) is 26.6. The lowest BCUT2D eigenvalue weighted by Gasteiger charge is -2.08. The molecule has 0 atom stereocenters. The number of nitrogens with one attached hydrogen (secondary N) is 2. The highest BCUT2D eigenvalue weighted by molar-refractivity contribution is 5.91. The number of hydrogen-bond donors (Lipinski definition) is 2. The Balaban J connectivity index is 1.69. The van der Waals surface area contributed by atoms with Crippen LogP contribution in [0.1, 0.15) is 23.1 Å². The Labute approximate surface area is 140 Å². The number of fused-ring (bicyclic) bond motifs is 1. The average molecular weight is 320 g/mol. The van der Waals surface area contributed by atoms with E-state index in [0.717, 1.165) is 27.7 Å². The molecule has 2 aromatic carbocycles. The molecule has 0 saturated carbocycles. The molecule has 0 aliphatic rings. The number of H-pyrrole nitrogens is 1. The van der Waals surface area contributed by atoms with Crippen molar-refractivity contribution in [1.29, 1.82) is 0 Å². The molecule has 3 rings (SSSR count). The molecule has 1 heterocycles. The van der Waals surface area contributed by atoms with Crippen molar-refractivity contribution >= 4 is 22.5 Å². The van der Waals surface area contributed by atoms with E-state index in [1.54, 1.807) is 6.92 Å². The second kappa shape index (κ2) is 6.71. The molecular weight excluding hydrogens is 300 g/mol. The van der Waals surface area contributed by atoms with Crippen molar-refractivity contribution in [2.45, 2.75) is 26.7 Å². The van der Waals surface area contributed by atoms with Gasteiger partial charge in [0.15, 0.2) is 0 Å². The Kier molecular flexibility index (Phi) is 4.47. The van der Waals surface area contributed by atoms with Crippen LogP contribution in [0.2, 0.25) is 0 Å². The van der Waals surface area contributed by atoms with Gasteiger partial charge in [0.2, 0.25) is 5.91 Å². The summed E-state index contributed by atoms with van der Waals surface area (Å²) in [5, 5.41) is 3.94. The Morgan fingerprint density at radius 1 is 1.04 bits per heavy atom. The van der Waals surface area contributed by atoms with E-state index in [2.05, 4.69) is 10.3 Å². The number of rotatable bonds is 4. The summed E-state index contributed by atoms with van der Waals surface area (Å²) in [6.45, 7) is 3.77. The monoisotopic (exact) mass is 320 g/mol. The van der Waals surface area contributed by atoms with E-state index >= 15 is 0 Å². The van der Waals surface area contributed by atoms with E-state index in [1.807, 2.05) is 55.5 Å². The van der Waals surface area contributed by atoms with Crippen LogP contribution < -0.4 is 10.9 Å². The molecule has 1 amide bonds. The number of aromatic amines is 1. The molecule has 2 N–H and O–H groups in total. The number of carbonyl (C=O) groups excluding carboxylic acids is 1. The van der Waals surface area contributed by atoms with Gasteiger partial charge >= 0.3 is 0 Å². The lowest BCUT2D eigenvalue weighted by atomic mass is 10.1. The van der Waals surface area contributed by atoms with Crippen molar-refractivity contribution in [3.05, 3.63) is 75.6 Å². The quantitative estimate of drug-likeness (QED) is 0.769. The van der Waals surface area contributed by atoms with Crippen LogP contribution in [-0.2, 0) is 11.2 Å². The topological polar surface area (TPSA) is 62.0 Å². The molecule has 1 aromatic heterocycles. The first kappa shape index (κ1) is 16.0. The zero-order chi connectivity index (χ0) is 17.1. The number of carbonyl (C=O) groups is 1.